The van der Waals surface area contributed by atoms with E-state index in [4.69, 9.17) is 5.73 Å². The Morgan fingerprint density at radius 2 is 1.71 bits per heavy atom. The number of aliphatic hydroxyl groups is 1. The van der Waals surface area contributed by atoms with Crippen LogP contribution >= 0.6 is 0 Å². The lowest BCUT2D eigenvalue weighted by Crippen LogP contribution is -2.36. The van der Waals surface area contributed by atoms with Crippen molar-refractivity contribution in [2.75, 3.05) is 6.61 Å². The first-order valence-corrected chi connectivity index (χ1v) is 7.28. The van der Waals surface area contributed by atoms with Crippen molar-refractivity contribution < 1.29 is 18.3 Å². The molecule has 2 aromatic rings. The van der Waals surface area contributed by atoms with Crippen LogP contribution in [-0.4, -0.2) is 17.7 Å². The molecule has 0 amide bonds. The molecule has 0 radical (unpaired) electrons. The second-order valence-electron chi connectivity index (χ2n) is 5.19. The zero-order valence-electron chi connectivity index (χ0n) is 12.8. The maximum Gasteiger partial charge on any atom is 0.416 e. The molecule has 0 aliphatic rings. The smallest absolute Gasteiger partial charge is 0.394 e. The highest BCUT2D eigenvalue weighted by molar-refractivity contribution is 5.78. The quantitative estimate of drug-likeness (QED) is 0.580. The summed E-state index contributed by atoms with van der Waals surface area (Å²) in [6, 6.07) is 13.6. The van der Waals surface area contributed by atoms with Gasteiger partial charge < -0.3 is 16.2 Å². The van der Waals surface area contributed by atoms with Crippen molar-refractivity contribution in [3.8, 4) is 0 Å². The lowest BCUT2D eigenvalue weighted by molar-refractivity contribution is -0.137. The molecule has 0 saturated carbocycles. The van der Waals surface area contributed by atoms with Gasteiger partial charge in [-0.2, -0.15) is 13.2 Å². The van der Waals surface area contributed by atoms with Gasteiger partial charge in [0.2, 0.25) is 0 Å². The summed E-state index contributed by atoms with van der Waals surface area (Å²) in [4.78, 5) is 4.09. The molecular weight excluding hydrogens is 319 g/mol. The third-order valence-electron chi connectivity index (χ3n) is 3.42. The summed E-state index contributed by atoms with van der Waals surface area (Å²) in [5, 5.41) is 12.3. The molecule has 1 atom stereocenters. The van der Waals surface area contributed by atoms with Gasteiger partial charge in [0, 0.05) is 0 Å². The van der Waals surface area contributed by atoms with Crippen LogP contribution in [0.4, 0.5) is 13.2 Å². The van der Waals surface area contributed by atoms with E-state index in [2.05, 4.69) is 10.3 Å². The minimum absolute atomic E-state index is 0.109. The lowest BCUT2D eigenvalue weighted by Gasteiger charge is -2.17. The number of guanidine groups is 1. The Hall–Kier alpha value is -2.54. The van der Waals surface area contributed by atoms with Crippen LogP contribution in [0.2, 0.25) is 0 Å². The standard InChI is InChI=1S/C17H18F3N3O/c18-17(19,20)14-8-6-12(7-9-14)10-22-16(21)23-15(11-24)13-4-2-1-3-5-13/h1-9,15,24H,10-11H2,(H3,21,22,23). The van der Waals surface area contributed by atoms with E-state index in [-0.39, 0.29) is 19.1 Å². The molecule has 128 valence electrons. The molecule has 4 nitrogen and oxygen atoms in total. The number of aliphatic imine (C=N–C) groups is 1. The molecule has 4 N–H and O–H groups in total. The number of nitrogens with two attached hydrogens (primary N) is 1. The molecule has 0 aromatic heterocycles. The van der Waals surface area contributed by atoms with E-state index in [9.17, 15) is 18.3 Å². The van der Waals surface area contributed by atoms with Gasteiger partial charge in [-0.25, -0.2) is 4.99 Å². The summed E-state index contributed by atoms with van der Waals surface area (Å²) in [7, 11) is 0. The van der Waals surface area contributed by atoms with E-state index in [0.717, 1.165) is 17.7 Å². The van der Waals surface area contributed by atoms with E-state index < -0.39 is 17.8 Å². The molecular formula is C17H18F3N3O. The maximum absolute atomic E-state index is 12.5. The average Bonchev–Trinajstić information content (AvgIpc) is 2.58. The Bertz CT molecular complexity index is 670. The van der Waals surface area contributed by atoms with E-state index in [1.807, 2.05) is 30.3 Å². The van der Waals surface area contributed by atoms with Crippen LogP contribution in [0, 0.1) is 0 Å². The summed E-state index contributed by atoms with van der Waals surface area (Å²) in [5.74, 6) is 0.109. The van der Waals surface area contributed by atoms with Crippen LogP contribution in [0.15, 0.2) is 59.6 Å². The Balaban J connectivity index is 1.98. The van der Waals surface area contributed by atoms with Crippen molar-refractivity contribution >= 4 is 5.96 Å². The summed E-state index contributed by atoms with van der Waals surface area (Å²) in [6.45, 7) is -0.0234. The fourth-order valence-electron chi connectivity index (χ4n) is 2.12. The molecule has 2 aromatic carbocycles. The third-order valence-corrected chi connectivity index (χ3v) is 3.42. The number of alkyl halides is 3. The molecule has 0 saturated heterocycles. The number of rotatable bonds is 5. The van der Waals surface area contributed by atoms with E-state index in [1.54, 1.807) is 0 Å². The zero-order chi connectivity index (χ0) is 17.6. The molecule has 0 bridgehead atoms. The highest BCUT2D eigenvalue weighted by Gasteiger charge is 2.29. The largest absolute Gasteiger partial charge is 0.416 e. The monoisotopic (exact) mass is 337 g/mol. The maximum atomic E-state index is 12.5. The Morgan fingerprint density at radius 3 is 2.25 bits per heavy atom. The minimum Gasteiger partial charge on any atom is -0.394 e. The number of nitrogens with one attached hydrogen (secondary N) is 1. The van der Waals surface area contributed by atoms with Crippen LogP contribution in [0.3, 0.4) is 0 Å². The van der Waals surface area contributed by atoms with Crippen LogP contribution in [0.1, 0.15) is 22.7 Å². The fourth-order valence-corrected chi connectivity index (χ4v) is 2.12. The molecule has 0 aliphatic heterocycles. The van der Waals surface area contributed by atoms with Crippen molar-refractivity contribution in [2.24, 2.45) is 10.7 Å². The van der Waals surface area contributed by atoms with Gasteiger partial charge >= 0.3 is 6.18 Å². The van der Waals surface area contributed by atoms with Crippen LogP contribution in [0.5, 0.6) is 0 Å². The second-order valence-corrected chi connectivity index (χ2v) is 5.19. The van der Waals surface area contributed by atoms with Crippen LogP contribution in [-0.2, 0) is 12.7 Å². The molecule has 7 heteroatoms. The number of nitrogens with zero attached hydrogens (tertiary/aromatic N) is 1. The number of hydrogen-bond donors (Lipinski definition) is 3. The Kier molecular flexibility index (Phi) is 5.81. The van der Waals surface area contributed by atoms with Gasteiger partial charge in [0.05, 0.1) is 24.8 Å². The van der Waals surface area contributed by atoms with E-state index in [0.29, 0.717) is 5.56 Å². The molecule has 1 unspecified atom stereocenters. The number of aliphatic hydroxyl groups excluding tert-OH is 1. The van der Waals surface area contributed by atoms with Gasteiger partial charge in [0.1, 0.15) is 0 Å². The molecule has 0 spiro atoms. The third kappa shape index (κ3) is 4.99. The van der Waals surface area contributed by atoms with Crippen molar-refractivity contribution in [1.29, 1.82) is 0 Å². The lowest BCUT2D eigenvalue weighted by atomic mass is 10.1. The van der Waals surface area contributed by atoms with E-state index >= 15 is 0 Å². The topological polar surface area (TPSA) is 70.6 Å². The highest BCUT2D eigenvalue weighted by Crippen LogP contribution is 2.29. The van der Waals surface area contributed by atoms with Gasteiger partial charge in [0.15, 0.2) is 5.96 Å². The van der Waals surface area contributed by atoms with Crippen LogP contribution < -0.4 is 11.1 Å². The fraction of sp³-hybridized carbons (Fsp3) is 0.235. The summed E-state index contributed by atoms with van der Waals surface area (Å²) >= 11 is 0. The molecule has 0 heterocycles. The van der Waals surface area contributed by atoms with Crippen molar-refractivity contribution in [3.63, 3.8) is 0 Å². The summed E-state index contributed by atoms with van der Waals surface area (Å²) in [6.07, 6.45) is -4.35. The zero-order valence-corrected chi connectivity index (χ0v) is 12.8. The van der Waals surface area contributed by atoms with Gasteiger partial charge in [0.25, 0.3) is 0 Å². The first-order valence-electron chi connectivity index (χ1n) is 7.28. The molecule has 2 rings (SSSR count). The number of hydrogen-bond acceptors (Lipinski definition) is 2. The average molecular weight is 337 g/mol. The Morgan fingerprint density at radius 1 is 1.08 bits per heavy atom. The van der Waals surface area contributed by atoms with Gasteiger partial charge in [-0.1, -0.05) is 42.5 Å². The molecule has 0 fully saturated rings. The normalized spacial score (nSPS) is 13.6. The molecule has 24 heavy (non-hydrogen) atoms. The van der Waals surface area contributed by atoms with Gasteiger partial charge in [-0.15, -0.1) is 0 Å². The minimum atomic E-state index is -4.35. The predicted octanol–water partition coefficient (Wildman–Crippen LogP) is 2.84. The van der Waals surface area contributed by atoms with Crippen molar-refractivity contribution in [1.82, 2.24) is 5.32 Å². The molecule has 0 aliphatic carbocycles. The first kappa shape index (κ1) is 17.8. The Labute approximate surface area is 137 Å². The van der Waals surface area contributed by atoms with Gasteiger partial charge in [-0.05, 0) is 23.3 Å². The summed E-state index contributed by atoms with van der Waals surface area (Å²) in [5.41, 5.74) is 6.54. The summed E-state index contributed by atoms with van der Waals surface area (Å²) < 4.78 is 37.5. The predicted molar refractivity (Wildman–Crippen MR) is 86.2 cm³/mol. The number of halogens is 3. The second kappa shape index (κ2) is 7.83. The van der Waals surface area contributed by atoms with Crippen molar-refractivity contribution in [2.45, 2.75) is 18.8 Å². The van der Waals surface area contributed by atoms with Crippen LogP contribution in [0.25, 0.3) is 0 Å². The number of benzene rings is 2. The van der Waals surface area contributed by atoms with Crippen molar-refractivity contribution in [3.05, 3.63) is 71.3 Å². The SMILES string of the molecule is NC(=NCc1ccc(C(F)(F)F)cc1)NC(CO)c1ccccc1. The first-order chi connectivity index (χ1) is 11.4. The highest BCUT2D eigenvalue weighted by atomic mass is 19.4. The van der Waals surface area contributed by atoms with E-state index in [1.165, 1.54) is 12.1 Å². The van der Waals surface area contributed by atoms with Gasteiger partial charge in [-0.3, -0.25) is 0 Å².